The van der Waals surface area contributed by atoms with Crippen molar-refractivity contribution < 1.29 is 18.7 Å². The van der Waals surface area contributed by atoms with Crippen molar-refractivity contribution in [3.63, 3.8) is 0 Å². The molecule has 5 nitrogen and oxygen atoms in total. The first kappa shape index (κ1) is 20.9. The maximum Gasteiger partial charge on any atom is 0.338 e. The molecule has 1 atom stereocenters. The third kappa shape index (κ3) is 4.37. The molecule has 7 heteroatoms. The largest absolute Gasteiger partial charge is 0.459 e. The predicted molar refractivity (Wildman–Crippen MR) is 116 cm³/mol. The predicted octanol–water partition coefficient (Wildman–Crippen LogP) is 4.16. The van der Waals surface area contributed by atoms with Gasteiger partial charge in [0.1, 0.15) is 17.3 Å². The third-order valence-electron chi connectivity index (χ3n) is 5.65. The maximum atomic E-state index is 13.3. The number of piperidine rings is 1. The number of carbonyl (C=O) groups is 2. The average molecular weight is 429 g/mol. The number of hydrogen-bond acceptors (Lipinski definition) is 5. The molecule has 2 saturated heterocycles. The molecular weight excluding hydrogens is 403 g/mol. The number of amides is 1. The van der Waals surface area contributed by atoms with Crippen LogP contribution < -0.4 is 4.90 Å². The molecule has 2 aliphatic rings. The van der Waals surface area contributed by atoms with Gasteiger partial charge >= 0.3 is 5.97 Å². The summed E-state index contributed by atoms with van der Waals surface area (Å²) in [5, 5.41) is -0.214. The molecule has 0 spiro atoms. The lowest BCUT2D eigenvalue weighted by molar-refractivity contribution is -0.115. The topological polar surface area (TPSA) is 49.9 Å². The van der Waals surface area contributed by atoms with Gasteiger partial charge in [-0.05, 0) is 68.3 Å². The van der Waals surface area contributed by atoms with Gasteiger partial charge in [-0.25, -0.2) is 9.18 Å². The number of anilines is 1. The van der Waals surface area contributed by atoms with Crippen LogP contribution in [0.4, 0.5) is 10.1 Å². The van der Waals surface area contributed by atoms with Crippen molar-refractivity contribution in [2.45, 2.75) is 31.2 Å². The summed E-state index contributed by atoms with van der Waals surface area (Å²) in [6, 6.07) is 11.5. The van der Waals surface area contributed by atoms with Crippen molar-refractivity contribution in [2.24, 2.45) is 0 Å². The molecule has 158 valence electrons. The van der Waals surface area contributed by atoms with E-state index in [2.05, 4.69) is 11.9 Å². The molecule has 0 aliphatic carbocycles. The Morgan fingerprint density at radius 2 is 1.83 bits per heavy atom. The van der Waals surface area contributed by atoms with E-state index in [-0.39, 0.29) is 29.2 Å². The van der Waals surface area contributed by atoms with Crippen molar-refractivity contribution in [1.29, 1.82) is 0 Å². The highest BCUT2D eigenvalue weighted by Crippen LogP contribution is 2.42. The fraction of sp³-hybridized carbons (Fsp3) is 0.391. The highest BCUT2D eigenvalue weighted by molar-refractivity contribution is 8.00. The van der Waals surface area contributed by atoms with Crippen LogP contribution in [-0.4, -0.2) is 48.8 Å². The Labute approximate surface area is 180 Å². The molecular formula is C23H25FN2O3S. The van der Waals surface area contributed by atoms with Crippen molar-refractivity contribution in [1.82, 2.24) is 4.90 Å². The Kier molecular flexibility index (Phi) is 6.11. The van der Waals surface area contributed by atoms with E-state index in [0.717, 1.165) is 42.7 Å². The molecule has 4 rings (SSSR count). The van der Waals surface area contributed by atoms with E-state index in [0.29, 0.717) is 11.3 Å². The summed E-state index contributed by atoms with van der Waals surface area (Å²) >= 11 is 1.51. The molecule has 2 fully saturated rings. The van der Waals surface area contributed by atoms with Gasteiger partial charge in [-0.1, -0.05) is 12.1 Å². The lowest BCUT2D eigenvalue weighted by atomic mass is 10.1. The monoisotopic (exact) mass is 428 g/mol. The standard InChI is InChI=1S/C23H25FN2O3S/c1-15-13-17(23(28)29-19-9-11-25(2)12-10-19)5-8-20(15)26-21(27)14-30-22(26)16-3-6-18(24)7-4-16/h3-8,13,19,22H,9-12,14H2,1-2H3. The summed E-state index contributed by atoms with van der Waals surface area (Å²) in [5.74, 6) is -0.264. The SMILES string of the molecule is Cc1cc(C(=O)OC2CCN(C)CC2)ccc1N1C(=O)CSC1c1ccc(F)cc1. The van der Waals surface area contributed by atoms with Crippen LogP contribution in [0.5, 0.6) is 0 Å². The summed E-state index contributed by atoms with van der Waals surface area (Å²) in [4.78, 5) is 29.2. The lowest BCUT2D eigenvalue weighted by Gasteiger charge is -2.29. The number of esters is 1. The minimum absolute atomic E-state index is 0.000855. The van der Waals surface area contributed by atoms with E-state index in [1.54, 1.807) is 35.2 Å². The second-order valence-electron chi connectivity index (χ2n) is 7.89. The third-order valence-corrected chi connectivity index (χ3v) is 6.87. The van der Waals surface area contributed by atoms with Crippen LogP contribution in [0.3, 0.4) is 0 Å². The minimum atomic E-state index is -0.323. The summed E-state index contributed by atoms with van der Waals surface area (Å²) < 4.78 is 19.0. The first-order chi connectivity index (χ1) is 14.4. The molecule has 0 radical (unpaired) electrons. The second-order valence-corrected chi connectivity index (χ2v) is 8.96. The Hall–Kier alpha value is -2.38. The van der Waals surface area contributed by atoms with Crippen molar-refractivity contribution in [3.05, 3.63) is 65.0 Å². The second kappa shape index (κ2) is 8.78. The highest BCUT2D eigenvalue weighted by atomic mass is 32.2. The Balaban J connectivity index is 1.52. The molecule has 30 heavy (non-hydrogen) atoms. The van der Waals surface area contributed by atoms with Gasteiger partial charge in [0, 0.05) is 18.8 Å². The zero-order chi connectivity index (χ0) is 21.3. The van der Waals surface area contributed by atoms with Crippen molar-refractivity contribution in [3.8, 4) is 0 Å². The van der Waals surface area contributed by atoms with E-state index in [4.69, 9.17) is 4.74 Å². The molecule has 0 bridgehead atoms. The van der Waals surface area contributed by atoms with E-state index in [9.17, 15) is 14.0 Å². The maximum absolute atomic E-state index is 13.3. The van der Waals surface area contributed by atoms with Gasteiger partial charge in [0.15, 0.2) is 0 Å². The number of thioether (sulfide) groups is 1. The molecule has 2 aromatic rings. The van der Waals surface area contributed by atoms with Gasteiger partial charge in [-0.15, -0.1) is 11.8 Å². The number of hydrogen-bond donors (Lipinski definition) is 0. The van der Waals surface area contributed by atoms with E-state index < -0.39 is 0 Å². The number of ether oxygens (including phenoxy) is 1. The van der Waals surface area contributed by atoms with Crippen LogP contribution in [-0.2, 0) is 9.53 Å². The smallest absolute Gasteiger partial charge is 0.338 e. The minimum Gasteiger partial charge on any atom is -0.459 e. The number of benzene rings is 2. The van der Waals surface area contributed by atoms with Gasteiger partial charge in [-0.2, -0.15) is 0 Å². The molecule has 0 N–H and O–H groups in total. The van der Waals surface area contributed by atoms with Crippen molar-refractivity contribution >= 4 is 29.3 Å². The molecule has 2 aromatic carbocycles. The zero-order valence-electron chi connectivity index (χ0n) is 17.1. The van der Waals surface area contributed by atoms with Gasteiger partial charge in [0.25, 0.3) is 0 Å². The summed E-state index contributed by atoms with van der Waals surface area (Å²) in [7, 11) is 2.07. The lowest BCUT2D eigenvalue weighted by Crippen LogP contribution is -2.35. The Morgan fingerprint density at radius 1 is 1.13 bits per heavy atom. The number of rotatable bonds is 4. The average Bonchev–Trinajstić information content (AvgIpc) is 3.11. The van der Waals surface area contributed by atoms with Gasteiger partial charge in [-0.3, -0.25) is 9.69 Å². The molecule has 1 unspecified atom stereocenters. The molecule has 2 heterocycles. The van der Waals surface area contributed by atoms with Crippen LogP contribution >= 0.6 is 11.8 Å². The summed E-state index contributed by atoms with van der Waals surface area (Å²) in [5.41, 5.74) is 2.95. The highest BCUT2D eigenvalue weighted by Gasteiger charge is 2.35. The summed E-state index contributed by atoms with van der Waals surface area (Å²) in [6.07, 6.45) is 1.64. The molecule has 1 amide bonds. The Bertz CT molecular complexity index is 942. The van der Waals surface area contributed by atoms with E-state index in [1.807, 2.05) is 6.92 Å². The van der Waals surface area contributed by atoms with Crippen molar-refractivity contribution in [2.75, 3.05) is 30.8 Å². The number of halogens is 1. The van der Waals surface area contributed by atoms with E-state index >= 15 is 0 Å². The Morgan fingerprint density at radius 3 is 2.50 bits per heavy atom. The van der Waals surface area contributed by atoms with Gasteiger partial charge < -0.3 is 9.64 Å². The number of aryl methyl sites for hydroxylation is 1. The summed E-state index contributed by atoms with van der Waals surface area (Å²) in [6.45, 7) is 3.74. The first-order valence-corrected chi connectivity index (χ1v) is 11.2. The number of carbonyl (C=O) groups excluding carboxylic acids is 2. The number of nitrogens with zero attached hydrogens (tertiary/aromatic N) is 2. The molecule has 0 aromatic heterocycles. The van der Waals surface area contributed by atoms with Crippen LogP contribution in [0.15, 0.2) is 42.5 Å². The zero-order valence-corrected chi connectivity index (χ0v) is 18.0. The fourth-order valence-corrected chi connectivity index (χ4v) is 5.10. The molecule has 2 aliphatic heterocycles. The van der Waals surface area contributed by atoms with Crippen LogP contribution in [0.2, 0.25) is 0 Å². The van der Waals surface area contributed by atoms with E-state index in [1.165, 1.54) is 23.9 Å². The first-order valence-electron chi connectivity index (χ1n) is 10.1. The normalized spacial score (nSPS) is 20.6. The number of likely N-dealkylation sites (tertiary alicyclic amines) is 1. The molecule has 0 saturated carbocycles. The van der Waals surface area contributed by atoms with Crippen LogP contribution in [0, 0.1) is 12.7 Å². The van der Waals surface area contributed by atoms with Crippen LogP contribution in [0.25, 0.3) is 0 Å². The van der Waals surface area contributed by atoms with Gasteiger partial charge in [0.2, 0.25) is 5.91 Å². The van der Waals surface area contributed by atoms with Crippen LogP contribution in [0.1, 0.15) is 39.7 Å². The fourth-order valence-electron chi connectivity index (χ4n) is 3.93. The van der Waals surface area contributed by atoms with Gasteiger partial charge in [0.05, 0.1) is 11.3 Å². The quantitative estimate of drug-likeness (QED) is 0.685.